The van der Waals surface area contributed by atoms with E-state index in [1.165, 1.54) is 11.3 Å². The van der Waals surface area contributed by atoms with Crippen molar-refractivity contribution >= 4 is 18.3 Å². The Morgan fingerprint density at radius 2 is 1.69 bits per heavy atom. The highest BCUT2D eigenvalue weighted by molar-refractivity contribution is 7.80. The summed E-state index contributed by atoms with van der Waals surface area (Å²) in [6.07, 6.45) is 1.13. The number of hydrogen-bond donors (Lipinski definition) is 1. The van der Waals surface area contributed by atoms with Crippen LogP contribution in [-0.2, 0) is 5.41 Å². The molecular weight excluding hydrogens is 214 g/mol. The predicted octanol–water partition coefficient (Wildman–Crippen LogP) is 3.74. The van der Waals surface area contributed by atoms with Crippen LogP contribution in [0.4, 0.5) is 5.69 Å². The second kappa shape index (κ2) is 5.62. The predicted molar refractivity (Wildman–Crippen MR) is 76.9 cm³/mol. The summed E-state index contributed by atoms with van der Waals surface area (Å²) >= 11 is 4.24. The van der Waals surface area contributed by atoms with Crippen LogP contribution in [-0.4, -0.2) is 19.3 Å². The molecule has 0 aliphatic rings. The lowest BCUT2D eigenvalue weighted by molar-refractivity contribution is 0.590. The van der Waals surface area contributed by atoms with Gasteiger partial charge in [0.1, 0.15) is 0 Å². The molecule has 2 heteroatoms. The number of thiol groups is 1. The van der Waals surface area contributed by atoms with Gasteiger partial charge in [-0.15, -0.1) is 0 Å². The van der Waals surface area contributed by atoms with Crippen LogP contribution >= 0.6 is 12.6 Å². The molecule has 16 heavy (non-hydrogen) atoms. The molecule has 1 nitrogen and oxygen atoms in total. The van der Waals surface area contributed by atoms with Gasteiger partial charge in [0.05, 0.1) is 0 Å². The van der Waals surface area contributed by atoms with Gasteiger partial charge < -0.3 is 4.90 Å². The molecule has 0 heterocycles. The van der Waals surface area contributed by atoms with Crippen molar-refractivity contribution in [2.75, 3.05) is 24.2 Å². The van der Waals surface area contributed by atoms with Gasteiger partial charge in [0, 0.05) is 19.3 Å². The van der Waals surface area contributed by atoms with Crippen molar-refractivity contribution in [2.24, 2.45) is 0 Å². The first-order chi connectivity index (χ1) is 7.45. The minimum atomic E-state index is 0.238. The first kappa shape index (κ1) is 13.4. The van der Waals surface area contributed by atoms with Gasteiger partial charge in [-0.05, 0) is 35.3 Å². The van der Waals surface area contributed by atoms with Crippen molar-refractivity contribution < 1.29 is 0 Å². The number of hydrogen-bond acceptors (Lipinski definition) is 2. The zero-order chi connectivity index (χ0) is 12.2. The maximum absolute atomic E-state index is 4.24. The molecule has 0 unspecified atom stereocenters. The smallest absolute Gasteiger partial charge is 0.0363 e. The van der Waals surface area contributed by atoms with Crippen molar-refractivity contribution in [3.8, 4) is 0 Å². The standard InChI is InChI=1S/C14H23NS/c1-14(2,3)12-6-8-13(9-7-12)15(4)10-5-11-16/h6-9,16H,5,10-11H2,1-4H3. The van der Waals surface area contributed by atoms with E-state index in [4.69, 9.17) is 0 Å². The highest BCUT2D eigenvalue weighted by atomic mass is 32.1. The van der Waals surface area contributed by atoms with E-state index in [2.05, 4.69) is 69.6 Å². The zero-order valence-electron chi connectivity index (χ0n) is 10.8. The molecule has 0 saturated carbocycles. The van der Waals surface area contributed by atoms with Crippen molar-refractivity contribution in [3.63, 3.8) is 0 Å². The van der Waals surface area contributed by atoms with Crippen molar-refractivity contribution in [1.82, 2.24) is 0 Å². The van der Waals surface area contributed by atoms with Crippen LogP contribution in [0.25, 0.3) is 0 Å². The van der Waals surface area contributed by atoms with Gasteiger partial charge >= 0.3 is 0 Å². The molecule has 1 aromatic rings. The third-order valence-corrected chi connectivity index (χ3v) is 3.14. The Balaban J connectivity index is 2.71. The van der Waals surface area contributed by atoms with Crippen molar-refractivity contribution in [1.29, 1.82) is 0 Å². The molecule has 90 valence electrons. The second-order valence-electron chi connectivity index (χ2n) is 5.30. The van der Waals surface area contributed by atoms with Gasteiger partial charge in [-0.2, -0.15) is 12.6 Å². The third-order valence-electron chi connectivity index (χ3n) is 2.83. The summed E-state index contributed by atoms with van der Waals surface area (Å²) in [6, 6.07) is 8.87. The first-order valence-electron chi connectivity index (χ1n) is 5.87. The molecule has 0 fully saturated rings. The van der Waals surface area contributed by atoms with Crippen LogP contribution in [0.3, 0.4) is 0 Å². The van der Waals surface area contributed by atoms with E-state index in [9.17, 15) is 0 Å². The molecule has 0 bridgehead atoms. The Morgan fingerprint density at radius 3 is 2.12 bits per heavy atom. The Kier molecular flexibility index (Phi) is 4.72. The van der Waals surface area contributed by atoms with E-state index in [0.29, 0.717) is 0 Å². The molecule has 0 saturated heterocycles. The molecular formula is C14H23NS. The van der Waals surface area contributed by atoms with Gasteiger partial charge in [-0.3, -0.25) is 0 Å². The maximum Gasteiger partial charge on any atom is 0.0363 e. The molecule has 1 aromatic carbocycles. The van der Waals surface area contributed by atoms with Gasteiger partial charge in [0.25, 0.3) is 0 Å². The molecule has 0 aliphatic heterocycles. The summed E-state index contributed by atoms with van der Waals surface area (Å²) in [7, 11) is 2.13. The van der Waals surface area contributed by atoms with Crippen LogP contribution in [0, 0.1) is 0 Å². The molecule has 0 N–H and O–H groups in total. The summed E-state index contributed by atoms with van der Waals surface area (Å²) in [5.74, 6) is 0.949. The van der Waals surface area contributed by atoms with Gasteiger partial charge in [-0.25, -0.2) is 0 Å². The summed E-state index contributed by atoms with van der Waals surface area (Å²) < 4.78 is 0. The summed E-state index contributed by atoms with van der Waals surface area (Å²) in [5.41, 5.74) is 2.91. The zero-order valence-corrected chi connectivity index (χ0v) is 11.7. The number of rotatable bonds is 4. The van der Waals surface area contributed by atoms with E-state index in [-0.39, 0.29) is 5.41 Å². The quantitative estimate of drug-likeness (QED) is 0.781. The van der Waals surface area contributed by atoms with Gasteiger partial charge in [0.15, 0.2) is 0 Å². The van der Waals surface area contributed by atoms with E-state index in [1.807, 2.05) is 0 Å². The molecule has 0 spiro atoms. The highest BCUT2D eigenvalue weighted by Gasteiger charge is 2.13. The molecule has 0 aliphatic carbocycles. The second-order valence-corrected chi connectivity index (χ2v) is 5.74. The number of anilines is 1. The monoisotopic (exact) mass is 237 g/mol. The average Bonchev–Trinajstić information content (AvgIpc) is 2.25. The molecule has 1 rings (SSSR count). The van der Waals surface area contributed by atoms with E-state index >= 15 is 0 Å². The SMILES string of the molecule is CN(CCCS)c1ccc(C(C)(C)C)cc1. The van der Waals surface area contributed by atoms with Crippen LogP contribution in [0.2, 0.25) is 0 Å². The fourth-order valence-electron chi connectivity index (χ4n) is 1.65. The Morgan fingerprint density at radius 1 is 1.12 bits per heavy atom. The molecule has 0 aromatic heterocycles. The van der Waals surface area contributed by atoms with Crippen LogP contribution < -0.4 is 4.90 Å². The van der Waals surface area contributed by atoms with Crippen molar-refractivity contribution in [2.45, 2.75) is 32.6 Å². The fraction of sp³-hybridized carbons (Fsp3) is 0.571. The lowest BCUT2D eigenvalue weighted by atomic mass is 9.87. The fourth-order valence-corrected chi connectivity index (χ4v) is 1.79. The van der Waals surface area contributed by atoms with Crippen molar-refractivity contribution in [3.05, 3.63) is 29.8 Å². The minimum absolute atomic E-state index is 0.238. The van der Waals surface area contributed by atoms with E-state index in [1.54, 1.807) is 0 Å². The number of benzene rings is 1. The van der Waals surface area contributed by atoms with Crippen LogP contribution in [0.1, 0.15) is 32.8 Å². The Hall–Kier alpha value is -0.630. The number of nitrogens with zero attached hydrogens (tertiary/aromatic N) is 1. The summed E-state index contributed by atoms with van der Waals surface area (Å²) in [6.45, 7) is 7.80. The Bertz CT molecular complexity index is 311. The topological polar surface area (TPSA) is 3.24 Å². The largest absolute Gasteiger partial charge is 0.375 e. The van der Waals surface area contributed by atoms with E-state index in [0.717, 1.165) is 18.7 Å². The summed E-state index contributed by atoms with van der Waals surface area (Å²) in [4.78, 5) is 2.28. The van der Waals surface area contributed by atoms with Gasteiger partial charge in [-0.1, -0.05) is 32.9 Å². The minimum Gasteiger partial charge on any atom is -0.375 e. The normalized spacial score (nSPS) is 11.6. The Labute approximate surface area is 105 Å². The first-order valence-corrected chi connectivity index (χ1v) is 6.51. The van der Waals surface area contributed by atoms with Gasteiger partial charge in [0.2, 0.25) is 0 Å². The molecule has 0 radical (unpaired) electrons. The maximum atomic E-state index is 4.24. The molecule has 0 amide bonds. The van der Waals surface area contributed by atoms with Crippen LogP contribution in [0.15, 0.2) is 24.3 Å². The highest BCUT2D eigenvalue weighted by Crippen LogP contribution is 2.24. The lowest BCUT2D eigenvalue weighted by Crippen LogP contribution is -2.19. The van der Waals surface area contributed by atoms with Crippen LogP contribution in [0.5, 0.6) is 0 Å². The van der Waals surface area contributed by atoms with E-state index < -0.39 is 0 Å². The summed E-state index contributed by atoms with van der Waals surface area (Å²) in [5, 5.41) is 0. The third kappa shape index (κ3) is 3.75. The molecule has 0 atom stereocenters. The lowest BCUT2D eigenvalue weighted by Gasteiger charge is -2.22. The average molecular weight is 237 g/mol.